The smallest absolute Gasteiger partial charge is 0.164 e. The summed E-state index contributed by atoms with van der Waals surface area (Å²) in [6.45, 7) is 0. The van der Waals surface area contributed by atoms with E-state index in [1.54, 1.807) is 18.3 Å². The first-order valence-electron chi connectivity index (χ1n) is 7.54. The molecule has 3 heterocycles. The quantitative estimate of drug-likeness (QED) is 0.697. The van der Waals surface area contributed by atoms with Crippen LogP contribution in [-0.4, -0.2) is 20.3 Å². The van der Waals surface area contributed by atoms with Crippen LogP contribution in [0, 0.1) is 5.82 Å². The van der Waals surface area contributed by atoms with Gasteiger partial charge < -0.3 is 0 Å². The van der Waals surface area contributed by atoms with Crippen LogP contribution in [0.3, 0.4) is 0 Å². The topological polar surface area (TPSA) is 30.7 Å². The molecule has 1 atom stereocenters. The van der Waals surface area contributed by atoms with Crippen LogP contribution in [0.15, 0.2) is 42.6 Å². The van der Waals surface area contributed by atoms with E-state index >= 15 is 0 Å². The van der Waals surface area contributed by atoms with Crippen molar-refractivity contribution in [1.29, 1.82) is 0 Å². The number of hydrogen-bond donors (Lipinski definition) is 0. The summed E-state index contributed by atoms with van der Waals surface area (Å²) in [4.78, 5) is 9.21. The summed E-state index contributed by atoms with van der Waals surface area (Å²) in [6, 6.07) is 10.7. The average molecular weight is 313 g/mol. The second-order valence-electron chi connectivity index (χ2n) is 5.46. The van der Waals surface area contributed by atoms with Gasteiger partial charge in [0, 0.05) is 6.20 Å². The molecule has 0 spiro atoms. The SMILES string of the molecule is Fc1ccccc1-n1c(C2CCCCS2)nc2cccnc21. The van der Waals surface area contributed by atoms with Crippen molar-refractivity contribution < 1.29 is 4.39 Å². The molecule has 2 aromatic heterocycles. The summed E-state index contributed by atoms with van der Waals surface area (Å²) in [5, 5.41) is 0.308. The molecule has 1 saturated heterocycles. The molecule has 0 amide bonds. The largest absolute Gasteiger partial charge is 0.277 e. The summed E-state index contributed by atoms with van der Waals surface area (Å²) in [5.41, 5.74) is 2.09. The number of imidazole rings is 1. The highest BCUT2D eigenvalue weighted by Crippen LogP contribution is 2.39. The Bertz CT molecular complexity index is 809. The van der Waals surface area contributed by atoms with Crippen LogP contribution in [-0.2, 0) is 0 Å². The first-order chi connectivity index (χ1) is 10.8. The Hall–Kier alpha value is -1.88. The number of fused-ring (bicyclic) bond motifs is 1. The normalized spacial score (nSPS) is 18.7. The lowest BCUT2D eigenvalue weighted by Gasteiger charge is -2.22. The van der Waals surface area contributed by atoms with E-state index in [-0.39, 0.29) is 5.82 Å². The molecule has 1 unspecified atom stereocenters. The Balaban J connectivity index is 1.96. The minimum absolute atomic E-state index is 0.241. The van der Waals surface area contributed by atoms with Crippen LogP contribution in [0.5, 0.6) is 0 Å². The highest BCUT2D eigenvalue weighted by atomic mass is 32.2. The number of rotatable bonds is 2. The van der Waals surface area contributed by atoms with Crippen molar-refractivity contribution in [2.24, 2.45) is 0 Å². The number of benzene rings is 1. The van der Waals surface area contributed by atoms with Crippen molar-refractivity contribution >= 4 is 22.9 Å². The van der Waals surface area contributed by atoms with Crippen molar-refractivity contribution in [2.75, 3.05) is 5.75 Å². The van der Waals surface area contributed by atoms with E-state index in [4.69, 9.17) is 4.98 Å². The maximum Gasteiger partial charge on any atom is 0.164 e. The molecule has 0 bridgehead atoms. The molecule has 1 aliphatic rings. The summed E-state index contributed by atoms with van der Waals surface area (Å²) < 4.78 is 16.2. The zero-order chi connectivity index (χ0) is 14.9. The van der Waals surface area contributed by atoms with Gasteiger partial charge in [0.15, 0.2) is 5.65 Å². The second kappa shape index (κ2) is 5.72. The van der Waals surface area contributed by atoms with Crippen molar-refractivity contribution in [3.63, 3.8) is 0 Å². The van der Waals surface area contributed by atoms with E-state index in [1.165, 1.54) is 18.9 Å². The third kappa shape index (κ3) is 2.29. The van der Waals surface area contributed by atoms with Crippen molar-refractivity contribution in [1.82, 2.24) is 14.5 Å². The number of hydrogen-bond acceptors (Lipinski definition) is 3. The maximum absolute atomic E-state index is 14.3. The molecule has 1 aromatic carbocycles. The van der Waals surface area contributed by atoms with Gasteiger partial charge in [0.1, 0.15) is 17.2 Å². The number of para-hydroxylation sites is 1. The fourth-order valence-electron chi connectivity index (χ4n) is 2.96. The Morgan fingerprint density at radius 1 is 1.14 bits per heavy atom. The molecule has 0 radical (unpaired) electrons. The molecule has 1 aliphatic heterocycles. The Labute approximate surface area is 132 Å². The van der Waals surface area contributed by atoms with Gasteiger partial charge in [-0.05, 0) is 42.9 Å². The average Bonchev–Trinajstić information content (AvgIpc) is 2.95. The standard InChI is InChI=1S/C17H16FN3S/c18-12-6-1-2-8-14(12)21-16-13(7-5-10-19-16)20-17(21)15-9-3-4-11-22-15/h1-2,5-8,10,15H,3-4,9,11H2. The predicted octanol–water partition coefficient (Wildman–Crippen LogP) is 4.52. The van der Waals surface area contributed by atoms with Crippen LogP contribution in [0.1, 0.15) is 30.3 Å². The second-order valence-corrected chi connectivity index (χ2v) is 6.77. The van der Waals surface area contributed by atoms with Crippen LogP contribution >= 0.6 is 11.8 Å². The third-order valence-electron chi connectivity index (χ3n) is 4.00. The van der Waals surface area contributed by atoms with Gasteiger partial charge in [-0.25, -0.2) is 14.4 Å². The van der Waals surface area contributed by atoms with Gasteiger partial charge in [0.2, 0.25) is 0 Å². The van der Waals surface area contributed by atoms with E-state index in [0.717, 1.165) is 29.2 Å². The molecule has 5 heteroatoms. The van der Waals surface area contributed by atoms with Crippen molar-refractivity contribution in [3.8, 4) is 5.69 Å². The van der Waals surface area contributed by atoms with Crippen LogP contribution < -0.4 is 0 Å². The molecule has 1 fully saturated rings. The van der Waals surface area contributed by atoms with Gasteiger partial charge in [0.25, 0.3) is 0 Å². The summed E-state index contributed by atoms with van der Waals surface area (Å²) in [7, 11) is 0. The number of nitrogens with zero attached hydrogens (tertiary/aromatic N) is 3. The summed E-state index contributed by atoms with van der Waals surface area (Å²) >= 11 is 1.91. The molecule has 0 aliphatic carbocycles. The number of aromatic nitrogens is 3. The van der Waals surface area contributed by atoms with Crippen LogP contribution in [0.25, 0.3) is 16.9 Å². The lowest BCUT2D eigenvalue weighted by molar-refractivity contribution is 0.609. The number of pyridine rings is 1. The van der Waals surface area contributed by atoms with Crippen molar-refractivity contribution in [3.05, 3.63) is 54.2 Å². The monoisotopic (exact) mass is 313 g/mol. The Morgan fingerprint density at radius 2 is 2.05 bits per heavy atom. The lowest BCUT2D eigenvalue weighted by Crippen LogP contribution is -2.10. The minimum atomic E-state index is -0.241. The van der Waals surface area contributed by atoms with E-state index in [9.17, 15) is 4.39 Å². The molecule has 3 nitrogen and oxygen atoms in total. The maximum atomic E-state index is 14.3. The van der Waals surface area contributed by atoms with E-state index in [2.05, 4.69) is 4.98 Å². The van der Waals surface area contributed by atoms with Gasteiger partial charge in [0.05, 0.1) is 10.9 Å². The van der Waals surface area contributed by atoms with E-state index in [1.807, 2.05) is 34.5 Å². The van der Waals surface area contributed by atoms with Crippen LogP contribution in [0.4, 0.5) is 4.39 Å². The molecule has 0 N–H and O–H groups in total. The van der Waals surface area contributed by atoms with E-state index < -0.39 is 0 Å². The molecule has 22 heavy (non-hydrogen) atoms. The van der Waals surface area contributed by atoms with Gasteiger partial charge in [-0.15, -0.1) is 0 Å². The van der Waals surface area contributed by atoms with Crippen molar-refractivity contribution in [2.45, 2.75) is 24.5 Å². The fraction of sp³-hybridized carbons (Fsp3) is 0.294. The fourth-order valence-corrected chi connectivity index (χ4v) is 4.26. The van der Waals surface area contributed by atoms with Gasteiger partial charge in [-0.3, -0.25) is 4.57 Å². The Kier molecular flexibility index (Phi) is 3.58. The van der Waals surface area contributed by atoms with Crippen LogP contribution in [0.2, 0.25) is 0 Å². The Morgan fingerprint density at radius 3 is 2.86 bits per heavy atom. The molecule has 112 valence electrons. The molecule has 0 saturated carbocycles. The minimum Gasteiger partial charge on any atom is -0.277 e. The highest BCUT2D eigenvalue weighted by molar-refractivity contribution is 7.99. The zero-order valence-electron chi connectivity index (χ0n) is 12.1. The molecule has 4 rings (SSSR count). The molecular weight excluding hydrogens is 297 g/mol. The lowest BCUT2D eigenvalue weighted by atomic mass is 10.2. The molecule has 3 aromatic rings. The highest BCUT2D eigenvalue weighted by Gasteiger charge is 2.25. The van der Waals surface area contributed by atoms with Gasteiger partial charge >= 0.3 is 0 Å². The summed E-state index contributed by atoms with van der Waals surface area (Å²) in [5.74, 6) is 1.82. The molecular formula is C17H16FN3S. The van der Waals surface area contributed by atoms with Gasteiger partial charge in [-0.1, -0.05) is 18.6 Å². The predicted molar refractivity (Wildman–Crippen MR) is 87.9 cm³/mol. The zero-order valence-corrected chi connectivity index (χ0v) is 12.9. The van der Waals surface area contributed by atoms with E-state index in [0.29, 0.717) is 10.9 Å². The third-order valence-corrected chi connectivity index (χ3v) is 5.38. The van der Waals surface area contributed by atoms with Gasteiger partial charge in [-0.2, -0.15) is 11.8 Å². The number of halogens is 1. The summed E-state index contributed by atoms with van der Waals surface area (Å²) in [6.07, 6.45) is 5.27. The first kappa shape index (κ1) is 13.8. The first-order valence-corrected chi connectivity index (χ1v) is 8.59. The number of thioether (sulfide) groups is 1.